The molecule has 1 saturated heterocycles. The quantitative estimate of drug-likeness (QED) is 0.765. The smallest absolute Gasteiger partial charge is 0.416 e. The van der Waals surface area contributed by atoms with Gasteiger partial charge >= 0.3 is 12.2 Å². The van der Waals surface area contributed by atoms with E-state index in [4.69, 9.17) is 9.47 Å². The summed E-state index contributed by atoms with van der Waals surface area (Å²) in [6.45, 7) is 13.8. The van der Waals surface area contributed by atoms with Gasteiger partial charge in [0.1, 0.15) is 11.2 Å². The lowest BCUT2D eigenvalue weighted by Gasteiger charge is -2.30. The van der Waals surface area contributed by atoms with Crippen LogP contribution in [0.25, 0.3) is 0 Å². The second kappa shape index (κ2) is 7.42. The third kappa shape index (κ3) is 5.59. The molecule has 1 atom stereocenters. The zero-order valence-electron chi connectivity index (χ0n) is 16.7. The number of carbonyl (C=O) groups is 2. The van der Waals surface area contributed by atoms with Crippen LogP contribution >= 0.6 is 11.3 Å². The standard InChI is InChI=1S/C18H29N3O4S/c1-12-11-26-14(19-12)21(16(23)25-18(5,6)7)13-8-9-20(10-13)15(22)24-17(2,3)4/h11,13H,8-10H2,1-7H3. The van der Waals surface area contributed by atoms with Crippen molar-refractivity contribution in [2.45, 2.75) is 72.1 Å². The van der Waals surface area contributed by atoms with Crippen LogP contribution < -0.4 is 4.90 Å². The minimum absolute atomic E-state index is 0.192. The van der Waals surface area contributed by atoms with E-state index in [-0.39, 0.29) is 12.1 Å². The van der Waals surface area contributed by atoms with Crippen molar-refractivity contribution >= 4 is 28.7 Å². The minimum atomic E-state index is -0.606. The zero-order chi connectivity index (χ0) is 19.7. The van der Waals surface area contributed by atoms with Crippen molar-refractivity contribution in [3.8, 4) is 0 Å². The molecule has 1 aromatic heterocycles. The molecular weight excluding hydrogens is 354 g/mol. The molecule has 0 N–H and O–H groups in total. The Kier molecular flexibility index (Phi) is 5.85. The van der Waals surface area contributed by atoms with E-state index < -0.39 is 17.3 Å². The van der Waals surface area contributed by atoms with Gasteiger partial charge in [-0.15, -0.1) is 11.3 Å². The number of aryl methyl sites for hydroxylation is 1. The Morgan fingerprint density at radius 3 is 2.31 bits per heavy atom. The maximum absolute atomic E-state index is 12.8. The summed E-state index contributed by atoms with van der Waals surface area (Å²) >= 11 is 1.40. The van der Waals surface area contributed by atoms with Gasteiger partial charge in [-0.05, 0) is 54.9 Å². The van der Waals surface area contributed by atoms with Crippen molar-refractivity contribution < 1.29 is 19.1 Å². The molecule has 0 aromatic carbocycles. The Labute approximate surface area is 159 Å². The highest BCUT2D eigenvalue weighted by atomic mass is 32.1. The number of amides is 2. The summed E-state index contributed by atoms with van der Waals surface area (Å²) in [6.07, 6.45) is -0.153. The topological polar surface area (TPSA) is 72.0 Å². The van der Waals surface area contributed by atoms with Gasteiger partial charge < -0.3 is 14.4 Å². The van der Waals surface area contributed by atoms with Crippen LogP contribution in [0.3, 0.4) is 0 Å². The molecule has 1 aromatic rings. The van der Waals surface area contributed by atoms with Gasteiger partial charge in [0.15, 0.2) is 5.13 Å². The average Bonchev–Trinajstić information content (AvgIpc) is 3.05. The summed E-state index contributed by atoms with van der Waals surface area (Å²) in [4.78, 5) is 32.8. The molecule has 7 nitrogen and oxygen atoms in total. The third-order valence-electron chi connectivity index (χ3n) is 3.58. The van der Waals surface area contributed by atoms with E-state index in [0.717, 1.165) is 5.69 Å². The van der Waals surface area contributed by atoms with E-state index >= 15 is 0 Å². The number of thiazole rings is 1. The van der Waals surface area contributed by atoms with E-state index in [2.05, 4.69) is 4.98 Å². The molecule has 2 amide bonds. The van der Waals surface area contributed by atoms with Gasteiger partial charge in [0.2, 0.25) is 0 Å². The summed E-state index contributed by atoms with van der Waals surface area (Å²) < 4.78 is 11.0. The van der Waals surface area contributed by atoms with Crippen LogP contribution in [0.2, 0.25) is 0 Å². The second-order valence-electron chi connectivity index (χ2n) is 8.49. The van der Waals surface area contributed by atoms with Gasteiger partial charge in [-0.2, -0.15) is 0 Å². The van der Waals surface area contributed by atoms with Crippen LogP contribution in [0.4, 0.5) is 14.7 Å². The molecule has 0 bridgehead atoms. The molecule has 1 aliphatic rings. The number of hydrogen-bond acceptors (Lipinski definition) is 6. The maximum atomic E-state index is 12.8. The van der Waals surface area contributed by atoms with Crippen LogP contribution in [-0.4, -0.2) is 52.4 Å². The number of aromatic nitrogens is 1. The molecule has 0 aliphatic carbocycles. The van der Waals surface area contributed by atoms with Crippen molar-refractivity contribution in [1.82, 2.24) is 9.88 Å². The van der Waals surface area contributed by atoms with Gasteiger partial charge in [0.25, 0.3) is 0 Å². The Morgan fingerprint density at radius 2 is 1.81 bits per heavy atom. The first-order chi connectivity index (χ1) is 11.9. The molecule has 26 heavy (non-hydrogen) atoms. The highest BCUT2D eigenvalue weighted by molar-refractivity contribution is 7.14. The lowest BCUT2D eigenvalue weighted by Crippen LogP contribution is -2.45. The molecular formula is C18H29N3O4S. The van der Waals surface area contributed by atoms with Crippen molar-refractivity contribution in [3.05, 3.63) is 11.1 Å². The molecule has 2 rings (SSSR count). The first-order valence-electron chi connectivity index (χ1n) is 8.78. The highest BCUT2D eigenvalue weighted by Crippen LogP contribution is 2.29. The number of likely N-dealkylation sites (tertiary alicyclic amines) is 1. The van der Waals surface area contributed by atoms with E-state index in [1.54, 1.807) is 9.80 Å². The molecule has 146 valence electrons. The number of hydrogen-bond donors (Lipinski definition) is 0. The summed E-state index contributed by atoms with van der Waals surface area (Å²) in [5.74, 6) is 0. The largest absolute Gasteiger partial charge is 0.444 e. The Bertz CT molecular complexity index is 660. The Balaban J connectivity index is 2.16. The van der Waals surface area contributed by atoms with Gasteiger partial charge in [-0.1, -0.05) is 0 Å². The lowest BCUT2D eigenvalue weighted by molar-refractivity contribution is 0.0287. The normalized spacial score (nSPS) is 18.0. The van der Waals surface area contributed by atoms with Crippen LogP contribution in [-0.2, 0) is 9.47 Å². The zero-order valence-corrected chi connectivity index (χ0v) is 17.5. The summed E-state index contributed by atoms with van der Waals surface area (Å²) in [7, 11) is 0. The van der Waals surface area contributed by atoms with Crippen molar-refractivity contribution in [3.63, 3.8) is 0 Å². The minimum Gasteiger partial charge on any atom is -0.444 e. The molecule has 1 unspecified atom stereocenters. The molecule has 2 heterocycles. The SMILES string of the molecule is Cc1csc(N(C(=O)OC(C)(C)C)C2CCN(C(=O)OC(C)(C)C)C2)n1. The van der Waals surface area contributed by atoms with Crippen molar-refractivity contribution in [2.24, 2.45) is 0 Å². The van der Waals surface area contributed by atoms with Crippen LogP contribution in [0.1, 0.15) is 53.7 Å². The molecule has 1 fully saturated rings. The number of ether oxygens (including phenoxy) is 2. The molecule has 8 heteroatoms. The van der Waals surface area contributed by atoms with Crippen molar-refractivity contribution in [1.29, 1.82) is 0 Å². The molecule has 0 saturated carbocycles. The summed E-state index contributed by atoms with van der Waals surface area (Å²) in [5.41, 5.74) is -0.307. The number of anilines is 1. The fraction of sp³-hybridized carbons (Fsp3) is 0.722. The fourth-order valence-electron chi connectivity index (χ4n) is 2.59. The molecule has 0 spiro atoms. The summed E-state index contributed by atoms with van der Waals surface area (Å²) in [5, 5.41) is 2.49. The first-order valence-corrected chi connectivity index (χ1v) is 9.66. The van der Waals surface area contributed by atoms with Crippen LogP contribution in [0, 0.1) is 6.92 Å². The van der Waals surface area contributed by atoms with Gasteiger partial charge in [-0.25, -0.2) is 19.5 Å². The van der Waals surface area contributed by atoms with E-state index in [1.807, 2.05) is 53.8 Å². The Hall–Kier alpha value is -1.83. The number of nitrogens with zero attached hydrogens (tertiary/aromatic N) is 3. The number of rotatable bonds is 2. The highest BCUT2D eigenvalue weighted by Gasteiger charge is 2.38. The molecule has 0 radical (unpaired) electrons. The first kappa shape index (κ1) is 20.5. The number of carbonyl (C=O) groups excluding carboxylic acids is 2. The fourth-order valence-corrected chi connectivity index (χ4v) is 3.45. The maximum Gasteiger partial charge on any atom is 0.416 e. The lowest BCUT2D eigenvalue weighted by atomic mass is 10.2. The van der Waals surface area contributed by atoms with Gasteiger partial charge in [-0.3, -0.25) is 0 Å². The summed E-state index contributed by atoms with van der Waals surface area (Å²) in [6, 6.07) is -0.192. The average molecular weight is 384 g/mol. The molecule has 1 aliphatic heterocycles. The van der Waals surface area contributed by atoms with Gasteiger partial charge in [0, 0.05) is 18.5 Å². The third-order valence-corrected chi connectivity index (χ3v) is 4.54. The predicted octanol–water partition coefficient (Wildman–Crippen LogP) is 4.20. The van der Waals surface area contributed by atoms with Crippen molar-refractivity contribution in [2.75, 3.05) is 18.0 Å². The van der Waals surface area contributed by atoms with Gasteiger partial charge in [0.05, 0.1) is 11.7 Å². The monoisotopic (exact) mass is 383 g/mol. The van der Waals surface area contributed by atoms with E-state index in [9.17, 15) is 9.59 Å². The second-order valence-corrected chi connectivity index (χ2v) is 9.33. The van der Waals surface area contributed by atoms with E-state index in [1.165, 1.54) is 11.3 Å². The van der Waals surface area contributed by atoms with E-state index in [0.29, 0.717) is 24.6 Å². The van der Waals surface area contributed by atoms with Crippen LogP contribution in [0.15, 0.2) is 5.38 Å². The van der Waals surface area contributed by atoms with Crippen LogP contribution in [0.5, 0.6) is 0 Å². The Morgan fingerprint density at radius 1 is 1.19 bits per heavy atom. The predicted molar refractivity (Wildman–Crippen MR) is 102 cm³/mol.